The Morgan fingerprint density at radius 3 is 2.50 bits per heavy atom. The minimum absolute atomic E-state index is 0.304. The zero-order chi connectivity index (χ0) is 11.0. The van der Waals surface area contributed by atoms with Crippen molar-refractivity contribution in [1.29, 1.82) is 0 Å². The molecule has 0 aliphatic heterocycles. The summed E-state index contributed by atoms with van der Waals surface area (Å²) in [5.74, 6) is 0. The molecule has 1 unspecified atom stereocenters. The van der Waals surface area contributed by atoms with Gasteiger partial charge in [-0.25, -0.2) is 4.79 Å². The van der Waals surface area contributed by atoms with Gasteiger partial charge >= 0.3 is 5.43 Å². The summed E-state index contributed by atoms with van der Waals surface area (Å²) in [7, 11) is 0. The van der Waals surface area contributed by atoms with Crippen molar-refractivity contribution in [3.63, 3.8) is 0 Å². The Morgan fingerprint density at radius 2 is 2.00 bits per heavy atom. The molecule has 0 aromatic rings. The molecule has 0 radical (unpaired) electrons. The topological polar surface area (TPSA) is 46.5 Å². The van der Waals surface area contributed by atoms with E-state index in [4.69, 9.17) is 11.6 Å². The summed E-state index contributed by atoms with van der Waals surface area (Å²) in [6.45, 7) is 2.13. The summed E-state index contributed by atoms with van der Waals surface area (Å²) in [6, 6.07) is 0. The standard InChI is InChI=1S/C9H17ClO3S/c1-2-3-4-5-6-7-9(12,14)13-8(10)11/h12,14H,2-7H2,1H3. The van der Waals surface area contributed by atoms with Gasteiger partial charge in [-0.05, 0) is 6.42 Å². The third-order valence-corrected chi connectivity index (χ3v) is 2.24. The Balaban J connectivity index is 3.50. The van der Waals surface area contributed by atoms with Crippen LogP contribution in [-0.2, 0) is 4.74 Å². The number of carbonyl (C=O) groups excluding carboxylic acids is 1. The van der Waals surface area contributed by atoms with Crippen LogP contribution >= 0.6 is 24.2 Å². The van der Waals surface area contributed by atoms with Crippen molar-refractivity contribution < 1.29 is 14.6 Å². The number of ether oxygens (including phenoxy) is 1. The average Bonchev–Trinajstić information content (AvgIpc) is 2.01. The van der Waals surface area contributed by atoms with Crippen LogP contribution in [0.15, 0.2) is 0 Å². The van der Waals surface area contributed by atoms with E-state index in [1.165, 1.54) is 12.8 Å². The van der Waals surface area contributed by atoms with Crippen LogP contribution in [0.3, 0.4) is 0 Å². The van der Waals surface area contributed by atoms with Crippen molar-refractivity contribution in [2.45, 2.75) is 50.6 Å². The first-order valence-corrected chi connectivity index (χ1v) is 5.63. The summed E-state index contributed by atoms with van der Waals surface area (Å²) < 4.78 is 4.39. The highest BCUT2D eigenvalue weighted by molar-refractivity contribution is 7.81. The Bertz CT molecular complexity index is 173. The summed E-state index contributed by atoms with van der Waals surface area (Å²) >= 11 is 8.73. The highest BCUT2D eigenvalue weighted by Gasteiger charge is 2.25. The molecule has 3 nitrogen and oxygen atoms in total. The van der Waals surface area contributed by atoms with Gasteiger partial charge in [0.15, 0.2) is 0 Å². The van der Waals surface area contributed by atoms with Crippen LogP contribution < -0.4 is 0 Å². The highest BCUT2D eigenvalue weighted by Crippen LogP contribution is 2.22. The molecule has 0 saturated carbocycles. The average molecular weight is 241 g/mol. The lowest BCUT2D eigenvalue weighted by molar-refractivity contribution is -0.0796. The van der Waals surface area contributed by atoms with Gasteiger partial charge in [0.25, 0.3) is 5.12 Å². The van der Waals surface area contributed by atoms with Crippen LogP contribution in [-0.4, -0.2) is 15.7 Å². The second-order valence-corrected chi connectivity index (χ2v) is 4.25. The molecule has 0 aliphatic carbocycles. The van der Waals surface area contributed by atoms with Gasteiger partial charge in [-0.2, -0.15) is 0 Å². The molecule has 0 aromatic carbocycles. The van der Waals surface area contributed by atoms with Gasteiger partial charge in [-0.3, -0.25) is 0 Å². The first-order chi connectivity index (χ1) is 6.48. The fraction of sp³-hybridized carbons (Fsp3) is 0.889. The Kier molecular flexibility index (Phi) is 7.41. The molecule has 0 fully saturated rings. The lowest BCUT2D eigenvalue weighted by atomic mass is 10.1. The van der Waals surface area contributed by atoms with E-state index in [2.05, 4.69) is 24.3 Å². The van der Waals surface area contributed by atoms with Crippen LogP contribution in [0.1, 0.15) is 45.4 Å². The van der Waals surface area contributed by atoms with Gasteiger partial charge < -0.3 is 9.84 Å². The van der Waals surface area contributed by atoms with E-state index in [0.29, 0.717) is 6.42 Å². The van der Waals surface area contributed by atoms with Gasteiger partial charge in [0.2, 0.25) is 0 Å². The Morgan fingerprint density at radius 1 is 1.43 bits per heavy atom. The largest absolute Gasteiger partial charge is 0.412 e. The lowest BCUT2D eigenvalue weighted by Gasteiger charge is -2.20. The normalized spacial score (nSPS) is 14.9. The van der Waals surface area contributed by atoms with Crippen LogP contribution in [0.2, 0.25) is 0 Å². The zero-order valence-corrected chi connectivity index (χ0v) is 9.98. The Hall–Kier alpha value is 0.0700. The number of rotatable bonds is 7. The van der Waals surface area contributed by atoms with Gasteiger partial charge in [-0.1, -0.05) is 32.6 Å². The van der Waals surface area contributed by atoms with Crippen molar-refractivity contribution in [2.75, 3.05) is 0 Å². The first-order valence-electron chi connectivity index (χ1n) is 4.81. The van der Waals surface area contributed by atoms with E-state index in [1.807, 2.05) is 0 Å². The van der Waals surface area contributed by atoms with Crippen molar-refractivity contribution in [3.05, 3.63) is 0 Å². The van der Waals surface area contributed by atoms with Gasteiger partial charge in [0.05, 0.1) is 0 Å². The minimum atomic E-state index is -1.72. The van der Waals surface area contributed by atoms with Crippen molar-refractivity contribution in [3.8, 4) is 0 Å². The molecular weight excluding hydrogens is 224 g/mol. The van der Waals surface area contributed by atoms with E-state index in [9.17, 15) is 9.90 Å². The number of unbranched alkanes of at least 4 members (excludes halogenated alkanes) is 4. The number of halogens is 1. The van der Waals surface area contributed by atoms with Gasteiger partial charge in [0, 0.05) is 18.0 Å². The minimum Gasteiger partial charge on any atom is -0.412 e. The molecule has 14 heavy (non-hydrogen) atoms. The number of aliphatic hydroxyl groups is 1. The smallest absolute Gasteiger partial charge is 0.406 e. The molecule has 0 rings (SSSR count). The number of thiol groups is 1. The van der Waals surface area contributed by atoms with Crippen LogP contribution in [0.4, 0.5) is 4.79 Å². The summed E-state index contributed by atoms with van der Waals surface area (Å²) in [6.07, 6.45) is 5.54. The molecule has 84 valence electrons. The monoisotopic (exact) mass is 240 g/mol. The fourth-order valence-corrected chi connectivity index (χ4v) is 1.56. The second-order valence-electron chi connectivity index (χ2n) is 3.25. The van der Waals surface area contributed by atoms with E-state index in [1.54, 1.807) is 0 Å². The van der Waals surface area contributed by atoms with Crippen molar-refractivity contribution in [1.82, 2.24) is 0 Å². The predicted octanol–water partition coefficient (Wildman–Crippen LogP) is 3.30. The summed E-state index contributed by atoms with van der Waals surface area (Å²) in [5.41, 5.74) is -1.03. The molecule has 0 spiro atoms. The molecule has 0 amide bonds. The molecule has 1 atom stereocenters. The molecule has 0 aromatic heterocycles. The van der Waals surface area contributed by atoms with Gasteiger partial charge in [0.1, 0.15) is 0 Å². The van der Waals surface area contributed by atoms with E-state index in [-0.39, 0.29) is 0 Å². The SMILES string of the molecule is CCCCCCCC(O)(S)OC(=O)Cl. The maximum Gasteiger partial charge on any atom is 0.406 e. The third kappa shape index (κ3) is 8.66. The van der Waals surface area contributed by atoms with Gasteiger partial charge in [-0.15, -0.1) is 12.6 Å². The molecule has 0 aliphatic rings. The molecule has 0 bridgehead atoms. The molecule has 0 saturated heterocycles. The third-order valence-electron chi connectivity index (χ3n) is 1.85. The second kappa shape index (κ2) is 7.37. The summed E-state index contributed by atoms with van der Waals surface area (Å²) in [4.78, 5) is 10.3. The fourth-order valence-electron chi connectivity index (χ4n) is 1.14. The molecule has 1 N–H and O–H groups in total. The van der Waals surface area contributed by atoms with Crippen molar-refractivity contribution >= 4 is 29.7 Å². The number of hydrogen-bond donors (Lipinski definition) is 2. The lowest BCUT2D eigenvalue weighted by Crippen LogP contribution is -2.26. The Labute approximate surface area is 95.2 Å². The quantitative estimate of drug-likeness (QED) is 0.311. The van der Waals surface area contributed by atoms with Crippen molar-refractivity contribution in [2.24, 2.45) is 0 Å². The maximum absolute atomic E-state index is 10.3. The number of carbonyl (C=O) groups is 1. The van der Waals surface area contributed by atoms with Crippen LogP contribution in [0.25, 0.3) is 0 Å². The zero-order valence-electron chi connectivity index (χ0n) is 8.33. The molecular formula is C9H17ClO3S. The predicted molar refractivity (Wildman–Crippen MR) is 59.6 cm³/mol. The highest BCUT2D eigenvalue weighted by atomic mass is 35.5. The summed E-state index contributed by atoms with van der Waals surface area (Å²) in [5, 5.41) is 7.66. The van der Waals surface area contributed by atoms with E-state index in [0.717, 1.165) is 19.3 Å². The molecule has 0 heterocycles. The van der Waals surface area contributed by atoms with Crippen LogP contribution in [0, 0.1) is 0 Å². The maximum atomic E-state index is 10.3. The van der Waals surface area contributed by atoms with E-state index >= 15 is 0 Å². The number of hydrogen-bond acceptors (Lipinski definition) is 4. The first kappa shape index (κ1) is 14.1. The van der Waals surface area contributed by atoms with E-state index < -0.39 is 10.5 Å². The molecule has 5 heteroatoms. The van der Waals surface area contributed by atoms with Crippen LogP contribution in [0.5, 0.6) is 0 Å².